The molecule has 0 bridgehead atoms. The third kappa shape index (κ3) is 23.6. The van der Waals surface area contributed by atoms with Crippen LogP contribution in [-0.2, 0) is 19.1 Å². The number of hydrogen-bond donors (Lipinski definition) is 3. The van der Waals surface area contributed by atoms with Crippen LogP contribution in [0.25, 0.3) is 0 Å². The van der Waals surface area contributed by atoms with Gasteiger partial charge in [0.25, 0.3) is 0 Å². The van der Waals surface area contributed by atoms with E-state index in [-0.39, 0.29) is 18.6 Å². The molecule has 37 heavy (non-hydrogen) atoms. The Kier molecular flexibility index (Phi) is 23.1. The normalized spacial score (nSPS) is 13.4. The van der Waals surface area contributed by atoms with Crippen molar-refractivity contribution in [3.8, 4) is 0 Å². The Morgan fingerprint density at radius 1 is 0.838 bits per heavy atom. The van der Waals surface area contributed by atoms with Crippen LogP contribution in [0, 0.1) is 0 Å². The van der Waals surface area contributed by atoms with Gasteiger partial charge in [0, 0.05) is 26.0 Å². The maximum Gasteiger partial charge on any atom is 0.359 e. The summed E-state index contributed by atoms with van der Waals surface area (Å²) in [6, 6.07) is 0. The van der Waals surface area contributed by atoms with Crippen molar-refractivity contribution in [2.45, 2.75) is 122 Å². The molecule has 220 valence electrons. The van der Waals surface area contributed by atoms with Crippen molar-refractivity contribution in [3.63, 3.8) is 0 Å². The van der Waals surface area contributed by atoms with E-state index >= 15 is 0 Å². The molecule has 0 aliphatic heterocycles. The topological polar surface area (TPSA) is 105 Å². The van der Waals surface area contributed by atoms with Gasteiger partial charge in [-0.2, -0.15) is 0 Å². The molecule has 8 heteroatoms. The highest BCUT2D eigenvalue weighted by Crippen LogP contribution is 2.18. The molecule has 0 aromatic rings. The van der Waals surface area contributed by atoms with E-state index < -0.39 is 12.1 Å². The van der Waals surface area contributed by atoms with Gasteiger partial charge in [0.05, 0.1) is 46.1 Å². The van der Waals surface area contributed by atoms with Crippen LogP contribution < -0.4 is 5.32 Å². The molecule has 0 aliphatic carbocycles. The fraction of sp³-hybridized carbons (Fsp3) is 0.931. The number of quaternary nitrogens is 1. The number of hydrogen-bond acceptors (Lipinski definition) is 5. The van der Waals surface area contributed by atoms with Gasteiger partial charge in [-0.25, -0.2) is 4.79 Å². The Balaban J connectivity index is 3.99. The van der Waals surface area contributed by atoms with E-state index in [0.717, 1.165) is 64.3 Å². The first-order valence-corrected chi connectivity index (χ1v) is 14.9. The minimum atomic E-state index is -0.803. The number of unbranched alkanes of at least 4 members (excludes halogenated alkanes) is 9. The first-order valence-electron chi connectivity index (χ1n) is 14.9. The predicted octanol–water partition coefficient (Wildman–Crippen LogP) is 4.92. The van der Waals surface area contributed by atoms with Crippen LogP contribution in [0.3, 0.4) is 0 Å². The third-order valence-corrected chi connectivity index (χ3v) is 6.76. The van der Waals surface area contributed by atoms with Gasteiger partial charge in [-0.15, -0.1) is 0 Å². The highest BCUT2D eigenvalue weighted by molar-refractivity contribution is 5.75. The Morgan fingerprint density at radius 3 is 2.11 bits per heavy atom. The number of carboxylic acids is 1. The van der Waals surface area contributed by atoms with Crippen molar-refractivity contribution >= 4 is 11.9 Å². The second kappa shape index (κ2) is 23.9. The lowest BCUT2D eigenvalue weighted by molar-refractivity contribution is -0.883. The van der Waals surface area contributed by atoms with E-state index in [1.807, 2.05) is 21.0 Å². The molecule has 0 spiro atoms. The van der Waals surface area contributed by atoms with Gasteiger partial charge >= 0.3 is 5.97 Å². The standard InChI is InChI=1S/C29H58N2O6/c1-5-7-8-9-11-14-18-26(32)27(37-24-23-36-6-2)19-15-12-10-13-16-20-28(33)30-21-17-22-31(3,4)25-29(34)35/h26-27,32H,5-25H2,1-4H3,(H-,30,33,34,35)/p+1. The lowest BCUT2D eigenvalue weighted by Crippen LogP contribution is -2.45. The van der Waals surface area contributed by atoms with Gasteiger partial charge in [-0.1, -0.05) is 71.1 Å². The van der Waals surface area contributed by atoms with Gasteiger partial charge in [0.15, 0.2) is 6.54 Å². The van der Waals surface area contributed by atoms with E-state index in [4.69, 9.17) is 14.6 Å². The average molecular weight is 532 g/mol. The molecule has 0 aliphatic rings. The maximum atomic E-state index is 12.0. The van der Waals surface area contributed by atoms with Crippen LogP contribution in [0.4, 0.5) is 0 Å². The number of likely N-dealkylation sites (N-methyl/N-ethyl adjacent to an activating group) is 1. The lowest BCUT2D eigenvalue weighted by atomic mass is 9.99. The molecule has 8 nitrogen and oxygen atoms in total. The van der Waals surface area contributed by atoms with Crippen LogP contribution in [0.1, 0.15) is 110 Å². The lowest BCUT2D eigenvalue weighted by Gasteiger charge is -2.27. The van der Waals surface area contributed by atoms with Gasteiger partial charge in [-0.3, -0.25) is 4.79 Å². The zero-order chi connectivity index (χ0) is 27.8. The third-order valence-electron chi connectivity index (χ3n) is 6.76. The van der Waals surface area contributed by atoms with E-state index in [2.05, 4.69) is 12.2 Å². The van der Waals surface area contributed by atoms with Gasteiger partial charge in [0.2, 0.25) is 5.91 Å². The number of carbonyl (C=O) groups excluding carboxylic acids is 1. The number of aliphatic hydroxyl groups excluding tert-OH is 1. The summed E-state index contributed by atoms with van der Waals surface area (Å²) in [4.78, 5) is 22.9. The van der Waals surface area contributed by atoms with Crippen molar-refractivity contribution < 1.29 is 33.8 Å². The minimum absolute atomic E-state index is 0.0733. The molecule has 0 heterocycles. The summed E-state index contributed by atoms with van der Waals surface area (Å²) in [5.41, 5.74) is 0. The molecule has 2 unspecified atom stereocenters. The summed E-state index contributed by atoms with van der Waals surface area (Å²) >= 11 is 0. The Hall–Kier alpha value is -1.22. The Bertz CT molecular complexity index is 559. The number of amides is 1. The Morgan fingerprint density at radius 2 is 1.46 bits per heavy atom. The fourth-order valence-corrected chi connectivity index (χ4v) is 4.54. The van der Waals surface area contributed by atoms with Crippen LogP contribution in [0.5, 0.6) is 0 Å². The van der Waals surface area contributed by atoms with Crippen molar-refractivity contribution in [2.75, 3.05) is 53.6 Å². The van der Waals surface area contributed by atoms with Crippen molar-refractivity contribution in [1.82, 2.24) is 5.32 Å². The molecule has 0 saturated heterocycles. The fourth-order valence-electron chi connectivity index (χ4n) is 4.54. The molecule has 3 N–H and O–H groups in total. The van der Waals surface area contributed by atoms with Crippen LogP contribution in [0.2, 0.25) is 0 Å². The second-order valence-electron chi connectivity index (χ2n) is 11.0. The number of carboxylic acid groups (broad SMARTS) is 1. The summed E-state index contributed by atoms with van der Waals surface area (Å²) in [5.74, 6) is -0.730. The molecule has 0 fully saturated rings. The van der Waals surface area contributed by atoms with E-state index in [1.165, 1.54) is 32.1 Å². The SMILES string of the molecule is CCCCCCCCC(O)C(CCCCCCCC(=O)NCCC[N+](C)(C)CC(=O)O)OCCOCC. The highest BCUT2D eigenvalue weighted by atomic mass is 16.5. The van der Waals surface area contributed by atoms with Crippen molar-refractivity contribution in [3.05, 3.63) is 0 Å². The zero-order valence-corrected chi connectivity index (χ0v) is 24.5. The van der Waals surface area contributed by atoms with Gasteiger partial charge in [0.1, 0.15) is 0 Å². The summed E-state index contributed by atoms with van der Waals surface area (Å²) < 4.78 is 11.8. The average Bonchev–Trinajstić information content (AvgIpc) is 2.83. The number of carbonyl (C=O) groups is 2. The summed E-state index contributed by atoms with van der Waals surface area (Å²) in [6.07, 6.45) is 14.8. The van der Waals surface area contributed by atoms with E-state index in [1.54, 1.807) is 0 Å². The molecule has 2 atom stereocenters. The van der Waals surface area contributed by atoms with E-state index in [9.17, 15) is 14.7 Å². The number of ether oxygens (including phenoxy) is 2. The van der Waals surface area contributed by atoms with Crippen LogP contribution in [-0.4, -0.2) is 92.3 Å². The largest absolute Gasteiger partial charge is 0.477 e. The summed E-state index contributed by atoms with van der Waals surface area (Å²) in [6.45, 7) is 7.36. The predicted molar refractivity (Wildman–Crippen MR) is 150 cm³/mol. The highest BCUT2D eigenvalue weighted by Gasteiger charge is 2.20. The number of rotatable bonds is 27. The Labute approximate surface area is 227 Å². The quantitative estimate of drug-likeness (QED) is 0.103. The molecule has 1 amide bonds. The first kappa shape index (κ1) is 35.8. The smallest absolute Gasteiger partial charge is 0.359 e. The molecule has 0 saturated carbocycles. The number of nitrogens with one attached hydrogen (secondary N) is 1. The molecule has 0 aromatic carbocycles. The first-order chi connectivity index (χ1) is 17.7. The van der Waals surface area contributed by atoms with Gasteiger partial charge in [-0.05, 0) is 26.2 Å². The van der Waals surface area contributed by atoms with Crippen LogP contribution >= 0.6 is 0 Å². The van der Waals surface area contributed by atoms with Crippen molar-refractivity contribution in [1.29, 1.82) is 0 Å². The number of aliphatic hydroxyl groups is 1. The zero-order valence-electron chi connectivity index (χ0n) is 24.5. The van der Waals surface area contributed by atoms with E-state index in [0.29, 0.717) is 37.3 Å². The van der Waals surface area contributed by atoms with Crippen LogP contribution in [0.15, 0.2) is 0 Å². The summed E-state index contributed by atoms with van der Waals surface area (Å²) in [7, 11) is 3.78. The molecule has 0 radical (unpaired) electrons. The minimum Gasteiger partial charge on any atom is -0.477 e. The monoisotopic (exact) mass is 531 g/mol. The molecular weight excluding hydrogens is 472 g/mol. The second-order valence-corrected chi connectivity index (χ2v) is 11.0. The molecule has 0 rings (SSSR count). The molecule has 0 aromatic heterocycles. The van der Waals surface area contributed by atoms with Gasteiger partial charge < -0.3 is 29.5 Å². The number of nitrogens with zero attached hydrogens (tertiary/aromatic N) is 1. The number of aliphatic carboxylic acids is 1. The maximum absolute atomic E-state index is 12.0. The molecular formula is C29H59N2O6+. The summed E-state index contributed by atoms with van der Waals surface area (Å²) in [5, 5.41) is 22.6. The van der Waals surface area contributed by atoms with Crippen molar-refractivity contribution in [2.24, 2.45) is 0 Å².